The minimum Gasteiger partial charge on any atom is -0.493 e. The second-order valence-electron chi connectivity index (χ2n) is 5.59. The normalized spacial score (nSPS) is 12.1. The first-order chi connectivity index (χ1) is 13.2. The van der Waals surface area contributed by atoms with Gasteiger partial charge in [0.1, 0.15) is 0 Å². The molecule has 142 valence electrons. The van der Waals surface area contributed by atoms with Gasteiger partial charge in [-0.05, 0) is 35.9 Å². The molecule has 0 unspecified atom stereocenters. The third kappa shape index (κ3) is 4.81. The molecule has 1 amide bonds. The molecule has 1 heterocycles. The Morgan fingerprint density at radius 2 is 1.93 bits per heavy atom. The number of carbonyl (C=O) groups is 1. The van der Waals surface area contributed by atoms with Crippen LogP contribution < -0.4 is 24.3 Å². The highest BCUT2D eigenvalue weighted by molar-refractivity contribution is 5.81. The minimum absolute atomic E-state index is 0.186. The van der Waals surface area contributed by atoms with Gasteiger partial charge in [-0.1, -0.05) is 11.2 Å². The van der Waals surface area contributed by atoms with Gasteiger partial charge < -0.3 is 29.1 Å². The number of nitrogens with one attached hydrogen (secondary N) is 1. The van der Waals surface area contributed by atoms with Crippen LogP contribution in [0, 0.1) is 0 Å². The minimum atomic E-state index is -0.280. The standard InChI is InChI=1S/C19H20N2O6/c1-23-15-5-3-14(7-17(15)24-2)10-21-27-11-19(22)20-9-13-4-6-16-18(8-13)26-12-25-16/h3-8,10H,9,11-12H2,1-2H3,(H,20,22)/b21-10-. The molecule has 2 aromatic rings. The van der Waals surface area contributed by atoms with Crippen LogP contribution in [0.5, 0.6) is 23.0 Å². The SMILES string of the molecule is COc1ccc(/C=N\OCC(=O)NCc2ccc3c(c2)OCO3)cc1OC. The zero-order chi connectivity index (χ0) is 19.1. The number of rotatable bonds is 8. The van der Waals surface area contributed by atoms with Crippen LogP contribution in [0.3, 0.4) is 0 Å². The van der Waals surface area contributed by atoms with Crippen LogP contribution >= 0.6 is 0 Å². The molecule has 1 aliphatic rings. The zero-order valence-electron chi connectivity index (χ0n) is 15.1. The summed E-state index contributed by atoms with van der Waals surface area (Å²) in [6.07, 6.45) is 1.49. The smallest absolute Gasteiger partial charge is 0.261 e. The van der Waals surface area contributed by atoms with Crippen molar-refractivity contribution in [1.29, 1.82) is 0 Å². The molecule has 0 saturated carbocycles. The molecule has 0 atom stereocenters. The number of carbonyl (C=O) groups excluding carboxylic acids is 1. The average molecular weight is 372 g/mol. The Morgan fingerprint density at radius 1 is 1.11 bits per heavy atom. The van der Waals surface area contributed by atoms with Crippen LogP contribution in [0.4, 0.5) is 0 Å². The van der Waals surface area contributed by atoms with Gasteiger partial charge in [0.15, 0.2) is 29.6 Å². The Morgan fingerprint density at radius 3 is 2.74 bits per heavy atom. The Labute approximate surface area is 156 Å². The van der Waals surface area contributed by atoms with Crippen molar-refractivity contribution in [1.82, 2.24) is 5.32 Å². The van der Waals surface area contributed by atoms with Gasteiger partial charge in [0.2, 0.25) is 6.79 Å². The van der Waals surface area contributed by atoms with E-state index in [1.54, 1.807) is 32.4 Å². The first kappa shape index (κ1) is 18.4. The molecule has 0 bridgehead atoms. The van der Waals surface area contributed by atoms with Crippen molar-refractivity contribution in [3.63, 3.8) is 0 Å². The summed E-state index contributed by atoms with van der Waals surface area (Å²) in [7, 11) is 3.12. The molecule has 1 N–H and O–H groups in total. The molecule has 1 aliphatic heterocycles. The average Bonchev–Trinajstić information content (AvgIpc) is 3.17. The third-order valence-electron chi connectivity index (χ3n) is 3.81. The summed E-state index contributed by atoms with van der Waals surface area (Å²) in [5.41, 5.74) is 1.66. The van der Waals surface area contributed by atoms with E-state index < -0.39 is 0 Å². The van der Waals surface area contributed by atoms with E-state index in [4.69, 9.17) is 23.8 Å². The summed E-state index contributed by atoms with van der Waals surface area (Å²) in [5.74, 6) is 2.31. The van der Waals surface area contributed by atoms with Gasteiger partial charge in [-0.25, -0.2) is 0 Å². The van der Waals surface area contributed by atoms with Gasteiger partial charge in [-0.2, -0.15) is 0 Å². The molecule has 0 spiro atoms. The highest BCUT2D eigenvalue weighted by atomic mass is 16.7. The molecule has 0 fully saturated rings. The second kappa shape index (κ2) is 8.79. The highest BCUT2D eigenvalue weighted by Gasteiger charge is 2.13. The predicted molar refractivity (Wildman–Crippen MR) is 97.5 cm³/mol. The van der Waals surface area contributed by atoms with Crippen molar-refractivity contribution in [3.8, 4) is 23.0 Å². The maximum absolute atomic E-state index is 11.8. The van der Waals surface area contributed by atoms with E-state index in [1.165, 1.54) is 6.21 Å². The van der Waals surface area contributed by atoms with E-state index in [9.17, 15) is 4.79 Å². The summed E-state index contributed by atoms with van der Waals surface area (Å²) in [5, 5.41) is 6.55. The van der Waals surface area contributed by atoms with Crippen molar-refractivity contribution in [2.45, 2.75) is 6.54 Å². The predicted octanol–water partition coefficient (Wildman–Crippen LogP) is 2.10. The van der Waals surface area contributed by atoms with Gasteiger partial charge in [0.05, 0.1) is 20.4 Å². The number of fused-ring (bicyclic) bond motifs is 1. The lowest BCUT2D eigenvalue weighted by atomic mass is 10.2. The fraction of sp³-hybridized carbons (Fsp3) is 0.263. The summed E-state index contributed by atoms with van der Waals surface area (Å²) in [4.78, 5) is 16.9. The fourth-order valence-electron chi connectivity index (χ4n) is 2.43. The monoisotopic (exact) mass is 372 g/mol. The Hall–Kier alpha value is -3.42. The largest absolute Gasteiger partial charge is 0.493 e. The van der Waals surface area contributed by atoms with Crippen LogP contribution in [0.15, 0.2) is 41.6 Å². The van der Waals surface area contributed by atoms with Gasteiger partial charge in [0, 0.05) is 12.1 Å². The van der Waals surface area contributed by atoms with E-state index in [2.05, 4.69) is 10.5 Å². The first-order valence-electron chi connectivity index (χ1n) is 8.22. The molecule has 8 nitrogen and oxygen atoms in total. The first-order valence-corrected chi connectivity index (χ1v) is 8.22. The van der Waals surface area contributed by atoms with Crippen LogP contribution in [-0.2, 0) is 16.2 Å². The van der Waals surface area contributed by atoms with Crippen molar-refractivity contribution in [2.75, 3.05) is 27.6 Å². The maximum Gasteiger partial charge on any atom is 0.261 e. The van der Waals surface area contributed by atoms with Crippen molar-refractivity contribution in [3.05, 3.63) is 47.5 Å². The third-order valence-corrected chi connectivity index (χ3v) is 3.81. The fourth-order valence-corrected chi connectivity index (χ4v) is 2.43. The van der Waals surface area contributed by atoms with Crippen molar-refractivity contribution < 1.29 is 28.6 Å². The lowest BCUT2D eigenvalue weighted by Gasteiger charge is -2.07. The molecule has 27 heavy (non-hydrogen) atoms. The van der Waals surface area contributed by atoms with Crippen molar-refractivity contribution in [2.24, 2.45) is 5.16 Å². The molecule has 8 heteroatoms. The molecule has 2 aromatic carbocycles. The Bertz CT molecular complexity index is 837. The van der Waals surface area contributed by atoms with Gasteiger partial charge in [-0.3, -0.25) is 4.79 Å². The lowest BCUT2D eigenvalue weighted by molar-refractivity contribution is -0.125. The van der Waals surface area contributed by atoms with E-state index in [1.807, 2.05) is 18.2 Å². The number of amides is 1. The van der Waals surface area contributed by atoms with E-state index in [0.29, 0.717) is 29.5 Å². The number of benzene rings is 2. The van der Waals surface area contributed by atoms with E-state index >= 15 is 0 Å². The van der Waals surface area contributed by atoms with E-state index in [0.717, 1.165) is 11.1 Å². The lowest BCUT2D eigenvalue weighted by Crippen LogP contribution is -2.26. The van der Waals surface area contributed by atoms with E-state index in [-0.39, 0.29) is 19.3 Å². The summed E-state index contributed by atoms with van der Waals surface area (Å²) >= 11 is 0. The van der Waals surface area contributed by atoms with Crippen LogP contribution in [0.2, 0.25) is 0 Å². The van der Waals surface area contributed by atoms with Crippen LogP contribution in [0.25, 0.3) is 0 Å². The molecule has 0 aliphatic carbocycles. The van der Waals surface area contributed by atoms with Crippen LogP contribution in [-0.4, -0.2) is 39.7 Å². The van der Waals surface area contributed by atoms with Gasteiger partial charge in [0.25, 0.3) is 5.91 Å². The molecular weight excluding hydrogens is 352 g/mol. The summed E-state index contributed by atoms with van der Waals surface area (Å²) < 4.78 is 20.9. The van der Waals surface area contributed by atoms with Gasteiger partial charge in [-0.15, -0.1) is 0 Å². The Balaban J connectivity index is 1.43. The second-order valence-corrected chi connectivity index (χ2v) is 5.59. The van der Waals surface area contributed by atoms with Gasteiger partial charge >= 0.3 is 0 Å². The Kier molecular flexibility index (Phi) is 5.98. The zero-order valence-corrected chi connectivity index (χ0v) is 15.1. The van der Waals surface area contributed by atoms with Crippen LogP contribution in [0.1, 0.15) is 11.1 Å². The molecule has 0 radical (unpaired) electrons. The summed E-state index contributed by atoms with van der Waals surface area (Å²) in [6.45, 7) is 0.392. The quantitative estimate of drug-likeness (QED) is 0.564. The number of methoxy groups -OCH3 is 2. The molecule has 0 saturated heterocycles. The highest BCUT2D eigenvalue weighted by Crippen LogP contribution is 2.32. The molecule has 3 rings (SSSR count). The molecular formula is C19H20N2O6. The number of oxime groups is 1. The number of hydrogen-bond acceptors (Lipinski definition) is 7. The topological polar surface area (TPSA) is 87.6 Å². The number of ether oxygens (including phenoxy) is 4. The maximum atomic E-state index is 11.8. The summed E-state index contributed by atoms with van der Waals surface area (Å²) in [6, 6.07) is 10.8. The number of hydrogen-bond donors (Lipinski definition) is 1. The number of nitrogens with zero attached hydrogens (tertiary/aromatic N) is 1. The van der Waals surface area contributed by atoms with Crippen molar-refractivity contribution >= 4 is 12.1 Å². The molecule has 0 aromatic heterocycles.